The highest BCUT2D eigenvalue weighted by molar-refractivity contribution is 6.33. The molecule has 1 fully saturated rings. The second kappa shape index (κ2) is 8.09. The third-order valence-electron chi connectivity index (χ3n) is 4.70. The van der Waals surface area contributed by atoms with Crippen LogP contribution in [0.25, 0.3) is 5.69 Å². The molecule has 29 heavy (non-hydrogen) atoms. The molecule has 3 aromatic rings. The lowest BCUT2D eigenvalue weighted by atomic mass is 10.1. The van der Waals surface area contributed by atoms with Gasteiger partial charge in [0.1, 0.15) is 10.7 Å². The van der Waals surface area contributed by atoms with Crippen molar-refractivity contribution in [2.45, 2.75) is 31.9 Å². The zero-order valence-corrected chi connectivity index (χ0v) is 16.6. The van der Waals surface area contributed by atoms with Gasteiger partial charge in [0, 0.05) is 11.6 Å². The molecule has 7 heteroatoms. The van der Waals surface area contributed by atoms with Gasteiger partial charge in [0.2, 0.25) is 6.10 Å². The van der Waals surface area contributed by atoms with Crippen molar-refractivity contribution >= 4 is 23.5 Å². The molecule has 1 aliphatic rings. The van der Waals surface area contributed by atoms with E-state index in [0.29, 0.717) is 11.3 Å². The van der Waals surface area contributed by atoms with E-state index in [-0.39, 0.29) is 22.7 Å². The number of carbonyl (C=O) groups excluding carboxylic acids is 2. The van der Waals surface area contributed by atoms with Crippen LogP contribution >= 0.6 is 11.6 Å². The molecular weight excluding hydrogens is 390 g/mol. The number of hydrogen-bond acceptors (Lipinski definition) is 4. The number of esters is 1. The lowest BCUT2D eigenvalue weighted by Crippen LogP contribution is -2.33. The minimum atomic E-state index is -1.06. The second-order valence-electron chi connectivity index (χ2n) is 6.98. The van der Waals surface area contributed by atoms with Gasteiger partial charge in [-0.3, -0.25) is 4.79 Å². The molecule has 0 bridgehead atoms. The molecule has 6 nitrogen and oxygen atoms in total. The van der Waals surface area contributed by atoms with E-state index in [1.165, 1.54) is 4.68 Å². The van der Waals surface area contributed by atoms with Gasteiger partial charge in [-0.15, -0.1) is 0 Å². The number of nitrogens with zero attached hydrogens (tertiary/aromatic N) is 2. The van der Waals surface area contributed by atoms with E-state index >= 15 is 0 Å². The summed E-state index contributed by atoms with van der Waals surface area (Å²) >= 11 is 6.46. The van der Waals surface area contributed by atoms with E-state index in [1.54, 1.807) is 31.2 Å². The first kappa shape index (κ1) is 19.2. The molecule has 0 unspecified atom stereocenters. The van der Waals surface area contributed by atoms with Crippen molar-refractivity contribution in [1.82, 2.24) is 15.1 Å². The van der Waals surface area contributed by atoms with E-state index in [9.17, 15) is 9.59 Å². The van der Waals surface area contributed by atoms with Crippen LogP contribution in [0.1, 0.15) is 40.6 Å². The summed E-state index contributed by atoms with van der Waals surface area (Å²) in [5.74, 6) is -1.02. The number of amides is 1. The summed E-state index contributed by atoms with van der Waals surface area (Å²) in [6, 6.07) is 18.4. The number of rotatable bonds is 6. The smallest absolute Gasteiger partial charge is 0.344 e. The SMILES string of the molecule is Cc1nn(-c2ccccc2)c(Cl)c1C(=O)O[C@H](C(=O)NC1CC1)c1ccccc1. The van der Waals surface area contributed by atoms with Gasteiger partial charge in [-0.25, -0.2) is 9.48 Å². The number of benzene rings is 2. The maximum absolute atomic E-state index is 13.0. The highest BCUT2D eigenvalue weighted by atomic mass is 35.5. The predicted octanol–water partition coefficient (Wildman–Crippen LogP) is 4.01. The number of aromatic nitrogens is 2. The number of halogens is 1. The minimum absolute atomic E-state index is 0.146. The Morgan fingerprint density at radius 2 is 1.72 bits per heavy atom. The van der Waals surface area contributed by atoms with Crippen LogP contribution in [0.15, 0.2) is 60.7 Å². The number of aryl methyl sites for hydroxylation is 1. The summed E-state index contributed by atoms with van der Waals surface area (Å²) in [4.78, 5) is 25.7. The fraction of sp³-hybridized carbons (Fsp3) is 0.227. The fourth-order valence-electron chi connectivity index (χ4n) is 3.04. The van der Waals surface area contributed by atoms with Crippen molar-refractivity contribution in [3.8, 4) is 5.69 Å². The first-order valence-corrected chi connectivity index (χ1v) is 9.79. The molecule has 1 N–H and O–H groups in total. The zero-order chi connectivity index (χ0) is 20.4. The Kier molecular flexibility index (Phi) is 5.36. The summed E-state index contributed by atoms with van der Waals surface area (Å²) in [7, 11) is 0. The number of para-hydroxylation sites is 1. The van der Waals surface area contributed by atoms with Crippen LogP contribution in [0, 0.1) is 6.92 Å². The maximum atomic E-state index is 13.0. The Labute approximate surface area is 173 Å². The summed E-state index contributed by atoms with van der Waals surface area (Å²) in [6.07, 6.45) is 0.825. The average Bonchev–Trinajstić information content (AvgIpc) is 3.50. The Morgan fingerprint density at radius 3 is 2.34 bits per heavy atom. The van der Waals surface area contributed by atoms with Crippen LogP contribution in [-0.4, -0.2) is 27.7 Å². The van der Waals surface area contributed by atoms with Crippen molar-refractivity contribution in [3.63, 3.8) is 0 Å². The Morgan fingerprint density at radius 1 is 1.10 bits per heavy atom. The van der Waals surface area contributed by atoms with E-state index in [0.717, 1.165) is 18.5 Å². The summed E-state index contributed by atoms with van der Waals surface area (Å²) in [5.41, 5.74) is 1.91. The van der Waals surface area contributed by atoms with Gasteiger partial charge >= 0.3 is 5.97 Å². The van der Waals surface area contributed by atoms with Crippen LogP contribution in [-0.2, 0) is 9.53 Å². The Bertz CT molecular complexity index is 1030. The van der Waals surface area contributed by atoms with Crippen molar-refractivity contribution in [3.05, 3.63) is 82.6 Å². The Hall–Kier alpha value is -3.12. The molecule has 0 radical (unpaired) electrons. The summed E-state index contributed by atoms with van der Waals surface area (Å²) < 4.78 is 7.12. The molecule has 1 heterocycles. The summed E-state index contributed by atoms with van der Waals surface area (Å²) in [6.45, 7) is 1.68. The molecule has 1 aliphatic carbocycles. The Balaban J connectivity index is 1.62. The topological polar surface area (TPSA) is 73.2 Å². The van der Waals surface area contributed by atoms with Crippen LogP contribution in [0.2, 0.25) is 5.15 Å². The normalized spacial score (nSPS) is 14.3. The van der Waals surface area contributed by atoms with Crippen molar-refractivity contribution in [2.24, 2.45) is 0 Å². The van der Waals surface area contributed by atoms with Gasteiger partial charge in [-0.05, 0) is 31.9 Å². The van der Waals surface area contributed by atoms with Gasteiger partial charge in [0.15, 0.2) is 0 Å². The third-order valence-corrected chi connectivity index (χ3v) is 5.05. The molecule has 1 amide bonds. The molecule has 1 saturated carbocycles. The van der Waals surface area contributed by atoms with E-state index in [1.807, 2.05) is 36.4 Å². The van der Waals surface area contributed by atoms with E-state index < -0.39 is 12.1 Å². The molecule has 1 aromatic heterocycles. The van der Waals surface area contributed by atoms with Gasteiger partial charge in [-0.1, -0.05) is 60.1 Å². The highest BCUT2D eigenvalue weighted by Gasteiger charge is 2.32. The number of ether oxygens (including phenoxy) is 1. The van der Waals surface area contributed by atoms with Crippen molar-refractivity contribution < 1.29 is 14.3 Å². The molecular formula is C22H20ClN3O3. The molecule has 0 spiro atoms. The van der Waals surface area contributed by atoms with Crippen LogP contribution in [0.3, 0.4) is 0 Å². The lowest BCUT2D eigenvalue weighted by Gasteiger charge is -2.18. The molecule has 0 aliphatic heterocycles. The standard InChI is InChI=1S/C22H20ClN3O3/c1-14-18(20(23)26(25-14)17-10-6-3-7-11-17)22(28)29-19(15-8-4-2-5-9-15)21(27)24-16-12-13-16/h2-11,16,19H,12-13H2,1H3,(H,24,27)/t19-/m0/s1. The monoisotopic (exact) mass is 409 g/mol. The average molecular weight is 410 g/mol. The number of nitrogens with one attached hydrogen (secondary N) is 1. The molecule has 148 valence electrons. The molecule has 2 aromatic carbocycles. The predicted molar refractivity (Wildman–Crippen MR) is 109 cm³/mol. The molecule has 1 atom stereocenters. The first-order chi connectivity index (χ1) is 14.0. The largest absolute Gasteiger partial charge is 0.444 e. The number of hydrogen-bond donors (Lipinski definition) is 1. The van der Waals surface area contributed by atoms with Gasteiger partial charge in [-0.2, -0.15) is 5.10 Å². The highest BCUT2D eigenvalue weighted by Crippen LogP contribution is 2.28. The van der Waals surface area contributed by atoms with E-state index in [2.05, 4.69) is 10.4 Å². The second-order valence-corrected chi connectivity index (χ2v) is 7.34. The van der Waals surface area contributed by atoms with Crippen molar-refractivity contribution in [2.75, 3.05) is 0 Å². The first-order valence-electron chi connectivity index (χ1n) is 9.41. The maximum Gasteiger partial charge on any atom is 0.344 e. The molecule has 4 rings (SSSR count). The minimum Gasteiger partial charge on any atom is -0.444 e. The third kappa shape index (κ3) is 4.17. The fourth-order valence-corrected chi connectivity index (χ4v) is 3.39. The number of carbonyl (C=O) groups is 2. The van der Waals surface area contributed by atoms with Gasteiger partial charge in [0.25, 0.3) is 5.91 Å². The zero-order valence-electron chi connectivity index (χ0n) is 15.8. The lowest BCUT2D eigenvalue weighted by molar-refractivity contribution is -0.130. The molecule has 0 saturated heterocycles. The quantitative estimate of drug-likeness (QED) is 0.624. The van der Waals surface area contributed by atoms with Crippen LogP contribution in [0.5, 0.6) is 0 Å². The van der Waals surface area contributed by atoms with Crippen molar-refractivity contribution in [1.29, 1.82) is 0 Å². The summed E-state index contributed by atoms with van der Waals surface area (Å²) in [5, 5.41) is 7.41. The van der Waals surface area contributed by atoms with Gasteiger partial charge < -0.3 is 10.1 Å². The van der Waals surface area contributed by atoms with Crippen LogP contribution in [0.4, 0.5) is 0 Å². The van der Waals surface area contributed by atoms with E-state index in [4.69, 9.17) is 16.3 Å². The van der Waals surface area contributed by atoms with Gasteiger partial charge in [0.05, 0.1) is 11.4 Å². The van der Waals surface area contributed by atoms with Crippen LogP contribution < -0.4 is 5.32 Å².